The molecule has 0 N–H and O–H groups in total. The molecule has 2 heterocycles. The van der Waals surface area contributed by atoms with Gasteiger partial charge in [-0.3, -0.25) is 4.90 Å². The first-order chi connectivity index (χ1) is 6.12. The lowest BCUT2D eigenvalue weighted by Crippen LogP contribution is -2.39. The minimum absolute atomic E-state index is 0.258. The molecule has 1 nitrogen and oxygen atoms in total. The largest absolute Gasteiger partial charge is 0.295 e. The van der Waals surface area contributed by atoms with Crippen molar-refractivity contribution < 1.29 is 4.39 Å². The van der Waals surface area contributed by atoms with Crippen LogP contribution in [-0.4, -0.2) is 29.7 Å². The van der Waals surface area contributed by atoms with Crippen LogP contribution < -0.4 is 0 Å². The predicted molar refractivity (Wildman–Crippen MR) is 52.5 cm³/mol. The van der Waals surface area contributed by atoms with Crippen molar-refractivity contribution in [2.24, 2.45) is 5.92 Å². The summed E-state index contributed by atoms with van der Waals surface area (Å²) in [7, 11) is 0. The van der Waals surface area contributed by atoms with E-state index in [0.717, 1.165) is 13.0 Å². The van der Waals surface area contributed by atoms with Crippen molar-refractivity contribution >= 4 is 0 Å². The molecule has 2 fully saturated rings. The van der Waals surface area contributed by atoms with E-state index in [1.54, 1.807) is 0 Å². The van der Waals surface area contributed by atoms with Crippen molar-refractivity contribution in [1.82, 2.24) is 4.90 Å². The molecule has 2 saturated heterocycles. The molecule has 0 unspecified atom stereocenters. The predicted octanol–water partition coefficient (Wildman–Crippen LogP) is 2.61. The monoisotopic (exact) mass is 185 g/mol. The summed E-state index contributed by atoms with van der Waals surface area (Å²) in [5.74, 6) is 0.700. The average molecular weight is 185 g/mol. The Morgan fingerprint density at radius 1 is 1.54 bits per heavy atom. The molecule has 2 atom stereocenters. The molecule has 0 aromatic heterocycles. The maximum absolute atomic E-state index is 13.3. The second kappa shape index (κ2) is 3.23. The summed E-state index contributed by atoms with van der Waals surface area (Å²) in [4.78, 5) is 2.40. The second-order valence-electron chi connectivity index (χ2n) is 5.17. The van der Waals surface area contributed by atoms with E-state index < -0.39 is 6.17 Å². The van der Waals surface area contributed by atoms with Gasteiger partial charge in [-0.2, -0.15) is 0 Å². The Morgan fingerprint density at radius 3 is 3.00 bits per heavy atom. The van der Waals surface area contributed by atoms with Gasteiger partial charge in [-0.1, -0.05) is 13.8 Å². The first kappa shape index (κ1) is 9.45. The van der Waals surface area contributed by atoms with Crippen LogP contribution in [0.3, 0.4) is 0 Å². The molecule has 0 saturated carbocycles. The molecule has 0 spiro atoms. The summed E-state index contributed by atoms with van der Waals surface area (Å²) in [5, 5.41) is 0. The molecule has 76 valence electrons. The van der Waals surface area contributed by atoms with Gasteiger partial charge in [-0.05, 0) is 38.1 Å². The Bertz CT molecular complexity index is 193. The molecule has 2 aliphatic heterocycles. The van der Waals surface area contributed by atoms with E-state index in [0.29, 0.717) is 12.5 Å². The number of fused-ring (bicyclic) bond motifs is 1. The van der Waals surface area contributed by atoms with Crippen molar-refractivity contribution in [3.8, 4) is 0 Å². The third-order valence-electron chi connectivity index (χ3n) is 3.55. The lowest BCUT2D eigenvalue weighted by Gasteiger charge is -2.33. The molecule has 2 aliphatic rings. The zero-order valence-corrected chi connectivity index (χ0v) is 8.72. The number of halogens is 1. The average Bonchev–Trinajstić information content (AvgIpc) is 2.40. The van der Waals surface area contributed by atoms with E-state index in [9.17, 15) is 4.39 Å². The van der Waals surface area contributed by atoms with Crippen molar-refractivity contribution in [1.29, 1.82) is 0 Å². The summed E-state index contributed by atoms with van der Waals surface area (Å²) >= 11 is 0. The maximum Gasteiger partial charge on any atom is 0.115 e. The SMILES string of the molecule is CC(C)C[C@@]12CCCN1C[C@@H](F)C2. The third-order valence-corrected chi connectivity index (χ3v) is 3.55. The minimum atomic E-state index is -0.556. The van der Waals surface area contributed by atoms with Crippen LogP contribution in [0.4, 0.5) is 4.39 Å². The molecule has 0 aromatic carbocycles. The Morgan fingerprint density at radius 2 is 2.31 bits per heavy atom. The van der Waals surface area contributed by atoms with Crippen LogP contribution in [-0.2, 0) is 0 Å². The molecular weight excluding hydrogens is 165 g/mol. The van der Waals surface area contributed by atoms with Crippen LogP contribution in [0.5, 0.6) is 0 Å². The zero-order chi connectivity index (χ0) is 9.47. The third kappa shape index (κ3) is 1.61. The van der Waals surface area contributed by atoms with Crippen LogP contribution in [0.25, 0.3) is 0 Å². The number of rotatable bonds is 2. The fraction of sp³-hybridized carbons (Fsp3) is 1.00. The molecule has 0 amide bonds. The standard InChI is InChI=1S/C11H20FN/c1-9(2)6-11-4-3-5-13(11)8-10(12)7-11/h9-10H,3-8H2,1-2H3/t10-,11+/m0/s1. The van der Waals surface area contributed by atoms with Gasteiger partial charge >= 0.3 is 0 Å². The summed E-state index contributed by atoms with van der Waals surface area (Å²) in [6.45, 7) is 6.33. The molecule has 0 radical (unpaired) electrons. The number of alkyl halides is 1. The van der Waals surface area contributed by atoms with Crippen molar-refractivity contribution in [3.63, 3.8) is 0 Å². The zero-order valence-electron chi connectivity index (χ0n) is 8.72. The van der Waals surface area contributed by atoms with E-state index in [4.69, 9.17) is 0 Å². The van der Waals surface area contributed by atoms with E-state index in [-0.39, 0.29) is 5.54 Å². The molecule has 0 bridgehead atoms. The summed E-state index contributed by atoms with van der Waals surface area (Å²) in [6, 6.07) is 0. The van der Waals surface area contributed by atoms with E-state index in [2.05, 4.69) is 18.7 Å². The van der Waals surface area contributed by atoms with Gasteiger partial charge in [-0.15, -0.1) is 0 Å². The fourth-order valence-electron chi connectivity index (χ4n) is 3.30. The second-order valence-corrected chi connectivity index (χ2v) is 5.17. The van der Waals surface area contributed by atoms with E-state index in [1.165, 1.54) is 19.3 Å². The fourth-order valence-corrected chi connectivity index (χ4v) is 3.30. The lowest BCUT2D eigenvalue weighted by atomic mass is 9.85. The van der Waals surface area contributed by atoms with Crippen LogP contribution in [0, 0.1) is 5.92 Å². The molecule has 2 rings (SSSR count). The topological polar surface area (TPSA) is 3.24 Å². The molecular formula is C11H20FN. The van der Waals surface area contributed by atoms with Crippen molar-refractivity contribution in [2.75, 3.05) is 13.1 Å². The Balaban J connectivity index is 2.09. The Kier molecular flexibility index (Phi) is 2.35. The number of hydrogen-bond donors (Lipinski definition) is 0. The van der Waals surface area contributed by atoms with Crippen molar-refractivity contribution in [3.05, 3.63) is 0 Å². The highest BCUT2D eigenvalue weighted by molar-refractivity contribution is 5.03. The van der Waals surface area contributed by atoms with Gasteiger partial charge in [0.25, 0.3) is 0 Å². The van der Waals surface area contributed by atoms with Crippen LogP contribution in [0.15, 0.2) is 0 Å². The molecule has 2 heteroatoms. The quantitative estimate of drug-likeness (QED) is 0.639. The molecule has 0 aromatic rings. The van der Waals surface area contributed by atoms with Crippen LogP contribution >= 0.6 is 0 Å². The number of nitrogens with zero attached hydrogens (tertiary/aromatic N) is 1. The van der Waals surface area contributed by atoms with Crippen molar-refractivity contribution in [2.45, 2.75) is 51.2 Å². The molecule has 13 heavy (non-hydrogen) atoms. The smallest absolute Gasteiger partial charge is 0.115 e. The summed E-state index contributed by atoms with van der Waals surface area (Å²) in [5.41, 5.74) is 0.258. The Hall–Kier alpha value is -0.110. The normalized spacial score (nSPS) is 40.2. The van der Waals surface area contributed by atoms with Gasteiger partial charge in [0.15, 0.2) is 0 Å². The van der Waals surface area contributed by atoms with Gasteiger partial charge in [0.2, 0.25) is 0 Å². The highest BCUT2D eigenvalue weighted by atomic mass is 19.1. The van der Waals surface area contributed by atoms with Gasteiger partial charge < -0.3 is 0 Å². The highest BCUT2D eigenvalue weighted by Gasteiger charge is 2.48. The summed E-state index contributed by atoms with van der Waals surface area (Å²) in [6.07, 6.45) is 3.93. The van der Waals surface area contributed by atoms with Gasteiger partial charge in [-0.25, -0.2) is 4.39 Å². The number of hydrogen-bond acceptors (Lipinski definition) is 1. The van der Waals surface area contributed by atoms with Gasteiger partial charge in [0.05, 0.1) is 0 Å². The van der Waals surface area contributed by atoms with Crippen LogP contribution in [0.1, 0.15) is 39.5 Å². The van der Waals surface area contributed by atoms with Gasteiger partial charge in [0, 0.05) is 12.1 Å². The highest BCUT2D eigenvalue weighted by Crippen LogP contribution is 2.43. The first-order valence-electron chi connectivity index (χ1n) is 5.51. The van der Waals surface area contributed by atoms with Gasteiger partial charge in [0.1, 0.15) is 6.17 Å². The Labute approximate surface area is 80.3 Å². The van der Waals surface area contributed by atoms with Crippen LogP contribution in [0.2, 0.25) is 0 Å². The summed E-state index contributed by atoms with van der Waals surface area (Å²) < 4.78 is 13.3. The maximum atomic E-state index is 13.3. The minimum Gasteiger partial charge on any atom is -0.295 e. The first-order valence-corrected chi connectivity index (χ1v) is 5.51. The van der Waals surface area contributed by atoms with E-state index >= 15 is 0 Å². The van der Waals surface area contributed by atoms with E-state index in [1.807, 2.05) is 0 Å². The lowest BCUT2D eigenvalue weighted by molar-refractivity contribution is 0.163. The molecule has 0 aliphatic carbocycles.